The summed E-state index contributed by atoms with van der Waals surface area (Å²) in [7, 11) is 0. The number of aromatic hydroxyl groups is 4. The number of benzene rings is 2. The van der Waals surface area contributed by atoms with Crippen LogP contribution >= 0.6 is 0 Å². The zero-order valence-electron chi connectivity index (χ0n) is 24.2. The molecule has 2 heterocycles. The maximum Gasteiger partial charge on any atom is 0.305 e. The van der Waals surface area contributed by atoms with E-state index in [-0.39, 0.29) is 35.1 Å². The summed E-state index contributed by atoms with van der Waals surface area (Å²) in [6.45, 7) is 2.89. The van der Waals surface area contributed by atoms with Crippen LogP contribution in [0.15, 0.2) is 34.4 Å². The number of ketones is 4. The highest BCUT2D eigenvalue weighted by atomic mass is 16.5. The van der Waals surface area contributed by atoms with Crippen LogP contribution in [-0.4, -0.2) is 90.1 Å². The zero-order valence-corrected chi connectivity index (χ0v) is 24.2. The van der Waals surface area contributed by atoms with E-state index in [2.05, 4.69) is 0 Å². The van der Waals surface area contributed by atoms with Gasteiger partial charge in [-0.25, -0.2) is 0 Å². The molecule has 0 amide bonds. The third-order valence-electron chi connectivity index (χ3n) is 8.72. The third kappa shape index (κ3) is 4.48. The second-order valence-electron chi connectivity index (χ2n) is 11.6. The van der Waals surface area contributed by atoms with E-state index in [1.807, 2.05) is 0 Å². The molecule has 6 rings (SSSR count). The number of ether oxygens (including phenoxy) is 2. The van der Waals surface area contributed by atoms with Gasteiger partial charge in [0.05, 0.1) is 59.5 Å². The van der Waals surface area contributed by atoms with Crippen LogP contribution in [0.5, 0.6) is 23.0 Å². The van der Waals surface area contributed by atoms with Crippen molar-refractivity contribution in [2.24, 2.45) is 0 Å². The van der Waals surface area contributed by atoms with Crippen LogP contribution in [-0.2, 0) is 19.1 Å². The van der Waals surface area contributed by atoms with E-state index in [0.717, 1.165) is 12.1 Å². The number of hydrogen-bond acceptors (Lipinski definition) is 12. The molecule has 14 heteroatoms. The Morgan fingerprint density at radius 3 is 1.30 bits per heavy atom. The Labute approximate surface area is 258 Å². The second-order valence-corrected chi connectivity index (χ2v) is 11.6. The molecule has 2 aliphatic heterocycles. The molecule has 4 atom stereocenters. The van der Waals surface area contributed by atoms with Crippen molar-refractivity contribution in [2.45, 2.75) is 63.9 Å². The van der Waals surface area contributed by atoms with Crippen molar-refractivity contribution in [3.05, 3.63) is 56.7 Å². The fourth-order valence-corrected chi connectivity index (χ4v) is 6.88. The smallest absolute Gasteiger partial charge is 0.305 e. The first kappa shape index (κ1) is 30.7. The fourth-order valence-electron chi connectivity index (χ4n) is 6.88. The van der Waals surface area contributed by atoms with Crippen LogP contribution in [0.25, 0.3) is 11.1 Å². The van der Waals surface area contributed by atoms with Crippen LogP contribution in [0.1, 0.15) is 81.0 Å². The topological polar surface area (TPSA) is 242 Å². The number of aliphatic carboxylic acids is 2. The first-order chi connectivity index (χ1) is 21.6. The largest absolute Gasteiger partial charge is 0.507 e. The van der Waals surface area contributed by atoms with Gasteiger partial charge in [-0.2, -0.15) is 0 Å². The maximum atomic E-state index is 13.8. The second kappa shape index (κ2) is 10.6. The molecular formula is C32H26O14. The quantitative estimate of drug-likeness (QED) is 0.259. The summed E-state index contributed by atoms with van der Waals surface area (Å²) in [4.78, 5) is 77.1. The molecule has 0 saturated heterocycles. The molecule has 238 valence electrons. The molecule has 2 aromatic rings. The highest BCUT2D eigenvalue weighted by Gasteiger charge is 2.46. The molecule has 4 unspecified atom stereocenters. The maximum absolute atomic E-state index is 13.8. The zero-order chi connectivity index (χ0) is 33.5. The normalized spacial score (nSPS) is 24.0. The highest BCUT2D eigenvalue weighted by Crippen LogP contribution is 2.51. The van der Waals surface area contributed by atoms with Gasteiger partial charge in [0, 0.05) is 46.3 Å². The first-order valence-electron chi connectivity index (χ1n) is 14.2. The summed E-state index contributed by atoms with van der Waals surface area (Å²) in [5.41, 5.74) is -3.76. The fraction of sp³-hybridized carbons (Fsp3) is 0.312. The number of phenols is 4. The minimum atomic E-state index is -1.20. The number of phenolic OH excluding ortho intramolecular Hbond substituents is 4. The number of carboxylic acids is 2. The van der Waals surface area contributed by atoms with Crippen molar-refractivity contribution >= 4 is 35.1 Å². The minimum absolute atomic E-state index is 0.101. The van der Waals surface area contributed by atoms with Crippen molar-refractivity contribution in [1.82, 2.24) is 0 Å². The van der Waals surface area contributed by atoms with Gasteiger partial charge in [0.2, 0.25) is 0 Å². The molecule has 2 aliphatic carbocycles. The summed E-state index contributed by atoms with van der Waals surface area (Å²) in [6, 6.07) is 1.71. The van der Waals surface area contributed by atoms with Crippen LogP contribution < -0.4 is 0 Å². The van der Waals surface area contributed by atoms with Crippen molar-refractivity contribution in [2.75, 3.05) is 0 Å². The lowest BCUT2D eigenvalue weighted by Gasteiger charge is -2.34. The molecule has 0 aromatic heterocycles. The number of fused-ring (bicyclic) bond motifs is 2. The third-order valence-corrected chi connectivity index (χ3v) is 8.72. The van der Waals surface area contributed by atoms with E-state index in [1.54, 1.807) is 0 Å². The Balaban J connectivity index is 1.48. The summed E-state index contributed by atoms with van der Waals surface area (Å²) in [6.07, 6.45) is -5.43. The van der Waals surface area contributed by atoms with E-state index in [0.29, 0.717) is 0 Å². The molecule has 0 spiro atoms. The Morgan fingerprint density at radius 2 is 0.978 bits per heavy atom. The first-order valence-corrected chi connectivity index (χ1v) is 14.2. The number of hydrogen-bond donors (Lipinski definition) is 6. The molecule has 0 bridgehead atoms. The molecular weight excluding hydrogens is 608 g/mol. The Hall–Kier alpha value is -5.34. The lowest BCUT2D eigenvalue weighted by molar-refractivity contribution is -0.142. The number of Topliss-reactive ketones (excluding diaryl/α,β-unsaturated/α-hetero) is 4. The number of carbonyl (C=O) groups is 6. The highest BCUT2D eigenvalue weighted by molar-refractivity contribution is 6.31. The van der Waals surface area contributed by atoms with Crippen molar-refractivity contribution in [1.29, 1.82) is 0 Å². The minimum Gasteiger partial charge on any atom is -0.507 e. The van der Waals surface area contributed by atoms with Gasteiger partial charge in [0.25, 0.3) is 0 Å². The lowest BCUT2D eigenvalue weighted by Crippen LogP contribution is -2.38. The van der Waals surface area contributed by atoms with E-state index in [1.165, 1.54) is 13.8 Å². The van der Waals surface area contributed by atoms with E-state index < -0.39 is 129 Å². The predicted molar refractivity (Wildman–Crippen MR) is 152 cm³/mol. The van der Waals surface area contributed by atoms with Gasteiger partial charge in [0.1, 0.15) is 23.0 Å². The Morgan fingerprint density at radius 1 is 0.630 bits per heavy atom. The Kier molecular flexibility index (Phi) is 7.09. The van der Waals surface area contributed by atoms with Crippen LogP contribution in [0, 0.1) is 0 Å². The summed E-state index contributed by atoms with van der Waals surface area (Å²) in [5, 5.41) is 63.2. The van der Waals surface area contributed by atoms with Gasteiger partial charge in [-0.15, -0.1) is 0 Å². The molecule has 0 radical (unpaired) electrons. The van der Waals surface area contributed by atoms with Crippen molar-refractivity contribution in [3.8, 4) is 34.1 Å². The molecule has 2 aromatic carbocycles. The molecule has 4 aliphatic rings. The summed E-state index contributed by atoms with van der Waals surface area (Å²) in [5.74, 6) is -9.23. The molecule has 14 nitrogen and oxygen atoms in total. The van der Waals surface area contributed by atoms with Crippen molar-refractivity contribution in [3.63, 3.8) is 0 Å². The number of carboxylic acid groups (broad SMARTS) is 2. The van der Waals surface area contributed by atoms with Crippen LogP contribution in [0.2, 0.25) is 0 Å². The van der Waals surface area contributed by atoms with Crippen LogP contribution in [0.4, 0.5) is 0 Å². The molecule has 0 fully saturated rings. The molecule has 0 saturated carbocycles. The molecule has 6 N–H and O–H groups in total. The Bertz CT molecular complexity index is 1770. The van der Waals surface area contributed by atoms with E-state index >= 15 is 0 Å². The van der Waals surface area contributed by atoms with Crippen LogP contribution in [0.3, 0.4) is 0 Å². The van der Waals surface area contributed by atoms with Gasteiger partial charge in [-0.1, -0.05) is 0 Å². The van der Waals surface area contributed by atoms with Gasteiger partial charge >= 0.3 is 11.9 Å². The summed E-state index contributed by atoms with van der Waals surface area (Å²) >= 11 is 0. The average Bonchev–Trinajstić information content (AvgIpc) is 2.95. The standard InChI is InChI=1S/C32H26O14/c1-9-21-15(3-11(45-9)5-19(35)36)29(41)25-23(31(21)43)17(33)7-13(27(25)39)14-8-18(34)24-26(28(14)40)30(42)16-4-12(6-20(37)38)46-10(2)22(16)32(24)44/h7-12,33-34,39-40H,3-6H2,1-2H3,(H,35,36)(H,37,38). The SMILES string of the molecule is CC1OC(CC(=O)O)CC2=C1C(=O)c1c(O)cc(-c3cc(O)c4c(c3O)C(=O)C3=C(C4=O)C(C)OC(CC(=O)O)C3)c(O)c1C2=O. The van der Waals surface area contributed by atoms with Gasteiger partial charge in [-0.3, -0.25) is 28.8 Å². The van der Waals surface area contributed by atoms with E-state index in [9.17, 15) is 59.4 Å². The number of carbonyl (C=O) groups excluding carboxylic acids is 4. The van der Waals surface area contributed by atoms with Crippen molar-refractivity contribution < 1.29 is 68.9 Å². The number of rotatable bonds is 5. The van der Waals surface area contributed by atoms with Gasteiger partial charge in [0.15, 0.2) is 23.1 Å². The monoisotopic (exact) mass is 634 g/mol. The van der Waals surface area contributed by atoms with E-state index in [4.69, 9.17) is 9.47 Å². The molecule has 46 heavy (non-hydrogen) atoms. The predicted octanol–water partition coefficient (Wildman–Crippen LogP) is 2.83. The summed E-state index contributed by atoms with van der Waals surface area (Å²) < 4.78 is 11.2. The average molecular weight is 635 g/mol. The van der Waals surface area contributed by atoms with Gasteiger partial charge < -0.3 is 40.1 Å². The lowest BCUT2D eigenvalue weighted by atomic mass is 9.75. The van der Waals surface area contributed by atoms with Gasteiger partial charge in [-0.05, 0) is 26.0 Å².